The number of esters is 1. The van der Waals surface area contributed by atoms with Crippen molar-refractivity contribution in [1.82, 2.24) is 9.88 Å². The summed E-state index contributed by atoms with van der Waals surface area (Å²) in [4.78, 5) is 23.5. The number of amides is 1. The standard InChI is InChI=1S/C13H21N3O3/c1-5-13(2,3)15-11(17)8-16-7-9(14)6-10(16)12(18)19-4/h6-7H,5,8,14H2,1-4H3,(H,15,17). The number of nitrogens with one attached hydrogen (secondary N) is 1. The van der Waals surface area contributed by atoms with Crippen LogP contribution in [0, 0.1) is 0 Å². The van der Waals surface area contributed by atoms with E-state index in [0.717, 1.165) is 6.42 Å². The molecule has 1 aromatic heterocycles. The molecule has 1 amide bonds. The summed E-state index contributed by atoms with van der Waals surface area (Å²) in [6.07, 6.45) is 2.36. The zero-order valence-corrected chi connectivity index (χ0v) is 11.8. The summed E-state index contributed by atoms with van der Waals surface area (Å²) >= 11 is 0. The van der Waals surface area contributed by atoms with Gasteiger partial charge in [-0.2, -0.15) is 0 Å². The quantitative estimate of drug-likeness (QED) is 0.784. The third-order valence-electron chi connectivity index (χ3n) is 2.99. The van der Waals surface area contributed by atoms with Crippen molar-refractivity contribution in [2.75, 3.05) is 12.8 Å². The Labute approximate surface area is 112 Å². The van der Waals surface area contributed by atoms with E-state index in [2.05, 4.69) is 10.1 Å². The lowest BCUT2D eigenvalue weighted by Gasteiger charge is -2.24. The zero-order chi connectivity index (χ0) is 14.6. The number of ether oxygens (including phenoxy) is 1. The number of rotatable bonds is 5. The fraction of sp³-hybridized carbons (Fsp3) is 0.538. The molecule has 1 rings (SSSR count). The topological polar surface area (TPSA) is 86.4 Å². The van der Waals surface area contributed by atoms with E-state index in [1.54, 1.807) is 6.20 Å². The van der Waals surface area contributed by atoms with Crippen molar-refractivity contribution in [2.45, 2.75) is 39.3 Å². The molecule has 0 aliphatic carbocycles. The van der Waals surface area contributed by atoms with Crippen LogP contribution < -0.4 is 11.1 Å². The smallest absolute Gasteiger partial charge is 0.354 e. The first kappa shape index (κ1) is 15.1. The molecule has 1 aromatic rings. The molecule has 19 heavy (non-hydrogen) atoms. The van der Waals surface area contributed by atoms with Gasteiger partial charge >= 0.3 is 5.97 Å². The van der Waals surface area contributed by atoms with Crippen LogP contribution in [0.2, 0.25) is 0 Å². The highest BCUT2D eigenvalue weighted by Gasteiger charge is 2.20. The molecule has 106 valence electrons. The van der Waals surface area contributed by atoms with Crippen molar-refractivity contribution in [3.63, 3.8) is 0 Å². The number of nitrogens with zero attached hydrogens (tertiary/aromatic N) is 1. The SMILES string of the molecule is CCC(C)(C)NC(=O)Cn1cc(N)cc1C(=O)OC. The lowest BCUT2D eigenvalue weighted by molar-refractivity contribution is -0.123. The van der Waals surface area contributed by atoms with E-state index in [1.165, 1.54) is 17.7 Å². The number of hydrogen-bond donors (Lipinski definition) is 2. The molecule has 0 atom stereocenters. The van der Waals surface area contributed by atoms with E-state index in [4.69, 9.17) is 5.73 Å². The Balaban J connectivity index is 2.82. The number of anilines is 1. The maximum absolute atomic E-state index is 11.9. The van der Waals surface area contributed by atoms with Crippen molar-refractivity contribution in [1.29, 1.82) is 0 Å². The lowest BCUT2D eigenvalue weighted by Crippen LogP contribution is -2.44. The van der Waals surface area contributed by atoms with Gasteiger partial charge in [-0.25, -0.2) is 4.79 Å². The molecule has 0 saturated carbocycles. The van der Waals surface area contributed by atoms with Crippen LogP contribution >= 0.6 is 0 Å². The normalized spacial score (nSPS) is 11.2. The van der Waals surface area contributed by atoms with Gasteiger partial charge in [0.1, 0.15) is 12.2 Å². The minimum absolute atomic E-state index is 0.0328. The van der Waals surface area contributed by atoms with Crippen LogP contribution in [0.1, 0.15) is 37.7 Å². The Morgan fingerprint density at radius 1 is 1.47 bits per heavy atom. The fourth-order valence-corrected chi connectivity index (χ4v) is 1.60. The van der Waals surface area contributed by atoms with E-state index in [9.17, 15) is 9.59 Å². The Kier molecular flexibility index (Phi) is 4.58. The van der Waals surface area contributed by atoms with Crippen LogP contribution in [0.5, 0.6) is 0 Å². The molecule has 1 heterocycles. The maximum atomic E-state index is 11.9. The van der Waals surface area contributed by atoms with Crippen molar-refractivity contribution in [2.24, 2.45) is 0 Å². The minimum atomic E-state index is -0.515. The van der Waals surface area contributed by atoms with Gasteiger partial charge in [-0.15, -0.1) is 0 Å². The van der Waals surface area contributed by atoms with Gasteiger partial charge in [0.25, 0.3) is 0 Å². The summed E-state index contributed by atoms with van der Waals surface area (Å²) < 4.78 is 6.14. The first-order chi connectivity index (χ1) is 8.79. The number of methoxy groups -OCH3 is 1. The van der Waals surface area contributed by atoms with Gasteiger partial charge in [0.15, 0.2) is 0 Å². The molecule has 0 aliphatic heterocycles. The minimum Gasteiger partial charge on any atom is -0.464 e. The van der Waals surface area contributed by atoms with Gasteiger partial charge in [-0.3, -0.25) is 4.79 Å². The van der Waals surface area contributed by atoms with Crippen LogP contribution in [-0.2, 0) is 16.1 Å². The van der Waals surface area contributed by atoms with Crippen molar-refractivity contribution >= 4 is 17.6 Å². The number of carbonyl (C=O) groups excluding carboxylic acids is 2. The van der Waals surface area contributed by atoms with Crippen LogP contribution in [0.4, 0.5) is 5.69 Å². The highest BCUT2D eigenvalue weighted by Crippen LogP contribution is 2.12. The summed E-state index contributed by atoms with van der Waals surface area (Å²) in [5, 5.41) is 2.90. The van der Waals surface area contributed by atoms with Gasteiger partial charge in [0.2, 0.25) is 5.91 Å². The van der Waals surface area contributed by atoms with Gasteiger partial charge < -0.3 is 20.4 Å². The molecule has 6 heteroatoms. The van der Waals surface area contributed by atoms with E-state index in [1.807, 2.05) is 20.8 Å². The van der Waals surface area contributed by atoms with E-state index >= 15 is 0 Å². The molecule has 0 aromatic carbocycles. The molecular formula is C13H21N3O3. The summed E-state index contributed by atoms with van der Waals surface area (Å²) in [7, 11) is 1.29. The molecule has 0 fully saturated rings. The third-order valence-corrected chi connectivity index (χ3v) is 2.99. The molecule has 0 saturated heterocycles. The lowest BCUT2D eigenvalue weighted by atomic mass is 10.0. The molecule has 0 bridgehead atoms. The predicted molar refractivity (Wildman–Crippen MR) is 72.7 cm³/mol. The first-order valence-electron chi connectivity index (χ1n) is 6.14. The maximum Gasteiger partial charge on any atom is 0.354 e. The summed E-state index contributed by atoms with van der Waals surface area (Å²) in [6, 6.07) is 1.49. The molecule has 0 radical (unpaired) electrons. The molecule has 3 N–H and O–H groups in total. The van der Waals surface area contributed by atoms with Crippen molar-refractivity contribution in [3.8, 4) is 0 Å². The van der Waals surface area contributed by atoms with Gasteiger partial charge in [-0.05, 0) is 26.3 Å². The molecule has 0 aliphatic rings. The van der Waals surface area contributed by atoms with Crippen LogP contribution in [0.15, 0.2) is 12.3 Å². The summed E-state index contributed by atoms with van der Waals surface area (Å²) in [6.45, 7) is 5.91. The van der Waals surface area contributed by atoms with Crippen LogP contribution in [-0.4, -0.2) is 29.1 Å². The molecule has 0 unspecified atom stereocenters. The Morgan fingerprint density at radius 3 is 2.63 bits per heavy atom. The summed E-state index contributed by atoms with van der Waals surface area (Å²) in [5.74, 6) is -0.688. The Morgan fingerprint density at radius 2 is 2.11 bits per heavy atom. The van der Waals surface area contributed by atoms with Crippen LogP contribution in [0.25, 0.3) is 0 Å². The van der Waals surface area contributed by atoms with E-state index in [0.29, 0.717) is 5.69 Å². The summed E-state index contributed by atoms with van der Waals surface area (Å²) in [5.41, 5.74) is 6.05. The Hall–Kier alpha value is -1.98. The molecule has 6 nitrogen and oxygen atoms in total. The first-order valence-corrected chi connectivity index (χ1v) is 6.14. The highest BCUT2D eigenvalue weighted by atomic mass is 16.5. The molecular weight excluding hydrogens is 246 g/mol. The van der Waals surface area contributed by atoms with E-state index in [-0.39, 0.29) is 23.7 Å². The average Bonchev–Trinajstić information content (AvgIpc) is 2.68. The van der Waals surface area contributed by atoms with Crippen LogP contribution in [0.3, 0.4) is 0 Å². The molecule has 0 spiro atoms. The average molecular weight is 267 g/mol. The fourth-order valence-electron chi connectivity index (χ4n) is 1.60. The number of nitrogens with two attached hydrogens (primary N) is 1. The highest BCUT2D eigenvalue weighted by molar-refractivity contribution is 5.89. The van der Waals surface area contributed by atoms with Gasteiger partial charge in [0.05, 0.1) is 12.8 Å². The Bertz CT molecular complexity index is 477. The van der Waals surface area contributed by atoms with E-state index < -0.39 is 5.97 Å². The largest absolute Gasteiger partial charge is 0.464 e. The second kappa shape index (κ2) is 5.77. The number of hydrogen-bond acceptors (Lipinski definition) is 4. The second-order valence-electron chi connectivity index (χ2n) is 5.06. The second-order valence-corrected chi connectivity index (χ2v) is 5.06. The van der Waals surface area contributed by atoms with Gasteiger partial charge in [-0.1, -0.05) is 6.92 Å². The van der Waals surface area contributed by atoms with Crippen molar-refractivity contribution in [3.05, 3.63) is 18.0 Å². The zero-order valence-electron chi connectivity index (χ0n) is 11.8. The van der Waals surface area contributed by atoms with Gasteiger partial charge in [0, 0.05) is 11.7 Å². The van der Waals surface area contributed by atoms with Crippen molar-refractivity contribution < 1.29 is 14.3 Å². The number of carbonyl (C=O) groups is 2. The third kappa shape index (κ3) is 4.01. The predicted octanol–water partition coefficient (Wildman–Crippen LogP) is 1.16. The number of nitrogen functional groups attached to an aromatic ring is 1. The number of aromatic nitrogens is 1. The monoisotopic (exact) mass is 267 g/mol.